The van der Waals surface area contributed by atoms with E-state index < -0.39 is 0 Å². The molecule has 0 radical (unpaired) electrons. The van der Waals surface area contributed by atoms with Crippen molar-refractivity contribution in [3.8, 4) is 22.8 Å². The summed E-state index contributed by atoms with van der Waals surface area (Å²) in [5.74, 6) is 2.64. The first-order valence-electron chi connectivity index (χ1n) is 11.5. The van der Waals surface area contributed by atoms with Crippen molar-refractivity contribution in [2.75, 3.05) is 13.2 Å². The third kappa shape index (κ3) is 6.83. The zero-order valence-corrected chi connectivity index (χ0v) is 20.4. The van der Waals surface area contributed by atoms with Gasteiger partial charge in [0.05, 0.1) is 23.9 Å². The lowest BCUT2D eigenvalue weighted by Crippen LogP contribution is -2.12. The number of benzene rings is 2. The largest absolute Gasteiger partial charge is 0.494 e. The van der Waals surface area contributed by atoms with Crippen LogP contribution >= 0.6 is 11.3 Å². The molecule has 2 heterocycles. The van der Waals surface area contributed by atoms with Crippen molar-refractivity contribution in [1.29, 1.82) is 0 Å². The summed E-state index contributed by atoms with van der Waals surface area (Å²) in [5, 5.41) is 12.7. The van der Waals surface area contributed by atoms with E-state index >= 15 is 0 Å². The number of hydrogen-bond acceptors (Lipinski definition) is 7. The second-order valence-electron chi connectivity index (χ2n) is 8.01. The molecule has 0 unspecified atom stereocenters. The van der Waals surface area contributed by atoms with Gasteiger partial charge in [-0.2, -0.15) is 0 Å². The summed E-state index contributed by atoms with van der Waals surface area (Å²) in [4.78, 5) is 13.4. The molecule has 0 aliphatic rings. The van der Waals surface area contributed by atoms with E-state index in [0.717, 1.165) is 59.3 Å². The molecule has 0 saturated carbocycles. The van der Waals surface area contributed by atoms with Gasteiger partial charge in [-0.3, -0.25) is 0 Å². The lowest BCUT2D eigenvalue weighted by Gasteiger charge is -2.09. The van der Waals surface area contributed by atoms with Crippen LogP contribution in [0.15, 0.2) is 66.1 Å². The number of ether oxygens (including phenoxy) is 2. The van der Waals surface area contributed by atoms with Crippen molar-refractivity contribution in [2.24, 2.45) is 10.9 Å². The van der Waals surface area contributed by atoms with Crippen LogP contribution in [0.4, 0.5) is 0 Å². The Morgan fingerprint density at radius 2 is 1.66 bits per heavy atom. The fourth-order valence-electron chi connectivity index (χ4n) is 3.61. The van der Waals surface area contributed by atoms with Crippen LogP contribution in [0.25, 0.3) is 11.3 Å². The summed E-state index contributed by atoms with van der Waals surface area (Å²) in [6.45, 7) is 3.32. The zero-order chi connectivity index (χ0) is 24.5. The van der Waals surface area contributed by atoms with E-state index in [2.05, 4.69) is 27.3 Å². The van der Waals surface area contributed by atoms with Gasteiger partial charge in [0, 0.05) is 34.8 Å². The fourth-order valence-corrected chi connectivity index (χ4v) is 4.57. The molecular formula is C26H29N5O3S. The number of oxime groups is 1. The lowest BCUT2D eigenvalue weighted by atomic mass is 10.1. The van der Waals surface area contributed by atoms with Gasteiger partial charge in [0.1, 0.15) is 17.3 Å². The van der Waals surface area contributed by atoms with Crippen LogP contribution in [0.1, 0.15) is 40.5 Å². The first kappa shape index (κ1) is 24.3. The third-order valence-corrected chi connectivity index (χ3v) is 6.37. The number of thiazole rings is 1. The minimum absolute atomic E-state index is 0.0826. The van der Waals surface area contributed by atoms with Crippen LogP contribution in [0.5, 0.6) is 11.5 Å². The van der Waals surface area contributed by atoms with E-state index in [-0.39, 0.29) is 5.84 Å². The van der Waals surface area contributed by atoms with Crippen LogP contribution in [-0.2, 0) is 6.42 Å². The molecule has 2 aromatic heterocycles. The number of hydrogen-bond donors (Lipinski definition) is 3. The Balaban J connectivity index is 1.17. The maximum absolute atomic E-state index is 8.70. The van der Waals surface area contributed by atoms with Crippen molar-refractivity contribution in [3.05, 3.63) is 82.2 Å². The number of aryl methyl sites for hydroxylation is 1. The summed E-state index contributed by atoms with van der Waals surface area (Å²) < 4.78 is 11.7. The first-order chi connectivity index (χ1) is 17.1. The number of imidazole rings is 1. The maximum atomic E-state index is 8.70. The van der Waals surface area contributed by atoms with E-state index in [1.165, 1.54) is 4.88 Å². The SMILES string of the molecule is Cc1nc(-c2ccc(OCCCCCOc3ccc(C(N)=NO)cc3)cc2)c(Cc2ncc[nH]2)s1. The number of amidine groups is 1. The Morgan fingerprint density at radius 3 is 2.26 bits per heavy atom. The normalized spacial score (nSPS) is 11.5. The molecule has 0 atom stereocenters. The summed E-state index contributed by atoms with van der Waals surface area (Å²) in [6, 6.07) is 15.3. The molecule has 0 amide bonds. The molecule has 182 valence electrons. The molecule has 0 saturated heterocycles. The Labute approximate surface area is 208 Å². The van der Waals surface area contributed by atoms with Crippen LogP contribution in [0, 0.1) is 6.92 Å². The second kappa shape index (κ2) is 12.0. The number of H-pyrrole nitrogens is 1. The number of aromatic amines is 1. The zero-order valence-electron chi connectivity index (χ0n) is 19.6. The number of nitrogens with two attached hydrogens (primary N) is 1. The summed E-state index contributed by atoms with van der Waals surface area (Å²) in [6.07, 6.45) is 7.25. The molecule has 35 heavy (non-hydrogen) atoms. The molecule has 4 rings (SSSR count). The predicted molar refractivity (Wildman–Crippen MR) is 137 cm³/mol. The van der Waals surface area contributed by atoms with Gasteiger partial charge in [0.15, 0.2) is 5.84 Å². The van der Waals surface area contributed by atoms with Gasteiger partial charge in [-0.05, 0) is 74.7 Å². The van der Waals surface area contributed by atoms with Gasteiger partial charge in [-0.1, -0.05) is 5.16 Å². The number of rotatable bonds is 12. The van der Waals surface area contributed by atoms with Gasteiger partial charge in [-0.15, -0.1) is 11.3 Å². The van der Waals surface area contributed by atoms with E-state index in [9.17, 15) is 0 Å². The minimum atomic E-state index is 0.0826. The van der Waals surface area contributed by atoms with Gasteiger partial charge < -0.3 is 25.4 Å². The van der Waals surface area contributed by atoms with Crippen LogP contribution < -0.4 is 15.2 Å². The number of nitrogens with one attached hydrogen (secondary N) is 1. The molecule has 0 aliphatic heterocycles. The molecule has 9 heteroatoms. The Morgan fingerprint density at radius 1 is 1.00 bits per heavy atom. The molecule has 0 aliphatic carbocycles. The maximum Gasteiger partial charge on any atom is 0.170 e. The summed E-state index contributed by atoms with van der Waals surface area (Å²) in [7, 11) is 0. The number of nitrogens with zero attached hydrogens (tertiary/aromatic N) is 3. The van der Waals surface area contributed by atoms with Crippen LogP contribution in [-0.4, -0.2) is 39.2 Å². The van der Waals surface area contributed by atoms with Gasteiger partial charge >= 0.3 is 0 Å². The first-order valence-corrected chi connectivity index (χ1v) is 12.3. The van der Waals surface area contributed by atoms with Gasteiger partial charge in [0.2, 0.25) is 0 Å². The number of unbranched alkanes of at least 4 members (excludes halogenated alkanes) is 2. The van der Waals surface area contributed by atoms with Crippen molar-refractivity contribution < 1.29 is 14.7 Å². The highest BCUT2D eigenvalue weighted by molar-refractivity contribution is 7.12. The fraction of sp³-hybridized carbons (Fsp3) is 0.269. The van der Waals surface area contributed by atoms with E-state index in [1.54, 1.807) is 29.7 Å². The number of aromatic nitrogens is 3. The standard InChI is InChI=1S/C26H29N5O3S/c1-18-30-25(23(35-18)17-24-28-13-14-29-24)19-5-9-21(10-6-19)33-15-3-2-4-16-34-22-11-7-20(8-12-22)26(27)31-32/h5-14,32H,2-4,15-17H2,1H3,(H2,27,31)(H,28,29). The topological polar surface area (TPSA) is 119 Å². The summed E-state index contributed by atoms with van der Waals surface area (Å²) >= 11 is 1.70. The van der Waals surface area contributed by atoms with Crippen molar-refractivity contribution in [3.63, 3.8) is 0 Å². The third-order valence-electron chi connectivity index (χ3n) is 5.40. The summed E-state index contributed by atoms with van der Waals surface area (Å²) in [5.41, 5.74) is 8.31. The average Bonchev–Trinajstić information content (AvgIpc) is 3.53. The minimum Gasteiger partial charge on any atom is -0.494 e. The van der Waals surface area contributed by atoms with E-state index in [0.29, 0.717) is 18.8 Å². The van der Waals surface area contributed by atoms with Gasteiger partial charge in [-0.25, -0.2) is 9.97 Å². The monoisotopic (exact) mass is 491 g/mol. The molecule has 4 aromatic rings. The van der Waals surface area contributed by atoms with E-state index in [1.807, 2.05) is 37.4 Å². The molecule has 2 aromatic carbocycles. The van der Waals surface area contributed by atoms with Crippen molar-refractivity contribution >= 4 is 17.2 Å². The predicted octanol–water partition coefficient (Wildman–Crippen LogP) is 5.16. The molecule has 0 spiro atoms. The second-order valence-corrected chi connectivity index (χ2v) is 9.30. The smallest absolute Gasteiger partial charge is 0.170 e. The molecule has 8 nitrogen and oxygen atoms in total. The molecule has 0 fully saturated rings. The Kier molecular flexibility index (Phi) is 8.34. The van der Waals surface area contributed by atoms with Gasteiger partial charge in [0.25, 0.3) is 0 Å². The molecule has 0 bridgehead atoms. The van der Waals surface area contributed by atoms with Crippen molar-refractivity contribution in [2.45, 2.75) is 32.6 Å². The molecule has 4 N–H and O–H groups in total. The highest BCUT2D eigenvalue weighted by Gasteiger charge is 2.13. The highest BCUT2D eigenvalue weighted by atomic mass is 32.1. The van der Waals surface area contributed by atoms with E-state index in [4.69, 9.17) is 25.4 Å². The highest BCUT2D eigenvalue weighted by Crippen LogP contribution is 2.30. The Bertz CT molecular complexity index is 1220. The Hall–Kier alpha value is -3.85. The van der Waals surface area contributed by atoms with Crippen molar-refractivity contribution in [1.82, 2.24) is 15.0 Å². The van der Waals surface area contributed by atoms with Crippen LogP contribution in [0.2, 0.25) is 0 Å². The molecular weight excluding hydrogens is 462 g/mol. The lowest BCUT2D eigenvalue weighted by molar-refractivity contribution is 0.279. The van der Waals surface area contributed by atoms with Crippen LogP contribution in [0.3, 0.4) is 0 Å². The quantitative estimate of drug-likeness (QED) is 0.0829. The average molecular weight is 492 g/mol.